The van der Waals surface area contributed by atoms with Crippen molar-refractivity contribution in [3.05, 3.63) is 29.8 Å². The first kappa shape index (κ1) is 12.7. The monoisotopic (exact) mass is 245 g/mol. The van der Waals surface area contributed by atoms with Gasteiger partial charge in [-0.15, -0.1) is 0 Å². The maximum Gasteiger partial charge on any atom is 0.224 e. The Bertz CT molecular complexity index is 503. The van der Waals surface area contributed by atoms with Crippen molar-refractivity contribution in [2.75, 3.05) is 11.5 Å². The Hall–Kier alpha value is -1.77. The van der Waals surface area contributed by atoms with Crippen LogP contribution >= 0.6 is 0 Å². The summed E-state index contributed by atoms with van der Waals surface area (Å²) >= 11 is 0. The quantitative estimate of drug-likeness (QED) is 0.800. The van der Waals surface area contributed by atoms with Crippen LogP contribution in [-0.4, -0.2) is 18.1 Å². The van der Waals surface area contributed by atoms with Gasteiger partial charge in [-0.25, -0.2) is 0 Å². The van der Waals surface area contributed by atoms with Crippen molar-refractivity contribution in [2.45, 2.75) is 33.2 Å². The maximum absolute atomic E-state index is 11.8. The smallest absolute Gasteiger partial charge is 0.224 e. The van der Waals surface area contributed by atoms with Gasteiger partial charge in [0.05, 0.1) is 17.8 Å². The second-order valence-corrected chi connectivity index (χ2v) is 5.00. The summed E-state index contributed by atoms with van der Waals surface area (Å²) < 4.78 is 5.48. The number of hydrogen-bond donors (Lipinski definition) is 0. The Kier molecular flexibility index (Phi) is 3.16. The van der Waals surface area contributed by atoms with Gasteiger partial charge in [0.25, 0.3) is 0 Å². The van der Waals surface area contributed by atoms with Crippen molar-refractivity contribution in [1.82, 2.24) is 0 Å². The van der Waals surface area contributed by atoms with Gasteiger partial charge in [-0.1, -0.05) is 12.2 Å². The summed E-state index contributed by atoms with van der Waals surface area (Å²) in [5.41, 5.74) is 1.68. The number of benzene rings is 1. The van der Waals surface area contributed by atoms with Crippen LogP contribution in [0.2, 0.25) is 0 Å². The number of rotatable bonds is 2. The molecular weight excluding hydrogens is 226 g/mol. The molecule has 1 heterocycles. The highest BCUT2D eigenvalue weighted by molar-refractivity contribution is 5.97. The van der Waals surface area contributed by atoms with E-state index in [0.29, 0.717) is 6.61 Å². The summed E-state index contributed by atoms with van der Waals surface area (Å²) in [5, 5.41) is 0. The first-order valence-corrected chi connectivity index (χ1v) is 6.22. The second-order valence-electron chi connectivity index (χ2n) is 5.00. The Labute approximate surface area is 108 Å². The molecule has 96 valence electrons. The third-order valence-corrected chi connectivity index (χ3v) is 3.11. The van der Waals surface area contributed by atoms with E-state index in [0.717, 1.165) is 17.0 Å². The van der Waals surface area contributed by atoms with Gasteiger partial charge in [-0.3, -0.25) is 4.79 Å². The van der Waals surface area contributed by atoms with Crippen LogP contribution in [0.5, 0.6) is 5.75 Å². The number of carbonyl (C=O) groups is 1. The van der Waals surface area contributed by atoms with Crippen molar-refractivity contribution in [3.63, 3.8) is 0 Å². The second kappa shape index (κ2) is 4.48. The summed E-state index contributed by atoms with van der Waals surface area (Å²) in [6, 6.07) is 5.83. The topological polar surface area (TPSA) is 29.5 Å². The highest BCUT2D eigenvalue weighted by Crippen LogP contribution is 2.36. The molecule has 0 aromatic heterocycles. The molecule has 0 aliphatic carbocycles. The fourth-order valence-corrected chi connectivity index (χ4v) is 2.38. The number of ether oxygens (including phenoxy) is 1. The van der Waals surface area contributed by atoms with Gasteiger partial charge in [0.2, 0.25) is 5.91 Å². The lowest BCUT2D eigenvalue weighted by Crippen LogP contribution is -2.47. The SMILES string of the molecule is CCOc1ccc2c(c1)C=CC(C)(C)N2C(C)=O. The first-order valence-electron chi connectivity index (χ1n) is 6.22. The zero-order valence-corrected chi connectivity index (χ0v) is 11.4. The van der Waals surface area contributed by atoms with Crippen LogP contribution in [0.1, 0.15) is 33.3 Å². The molecule has 0 unspecified atom stereocenters. The number of nitrogens with zero attached hydrogens (tertiary/aromatic N) is 1. The number of hydrogen-bond acceptors (Lipinski definition) is 2. The highest BCUT2D eigenvalue weighted by Gasteiger charge is 2.32. The molecule has 0 saturated carbocycles. The predicted molar refractivity (Wildman–Crippen MR) is 73.9 cm³/mol. The fraction of sp³-hybridized carbons (Fsp3) is 0.400. The fourth-order valence-electron chi connectivity index (χ4n) is 2.38. The van der Waals surface area contributed by atoms with Crippen LogP contribution < -0.4 is 9.64 Å². The minimum absolute atomic E-state index is 0.0507. The summed E-state index contributed by atoms with van der Waals surface area (Å²) in [5.74, 6) is 0.888. The number of fused-ring (bicyclic) bond motifs is 1. The molecule has 0 saturated heterocycles. The van der Waals surface area contributed by atoms with E-state index in [1.807, 2.05) is 49.9 Å². The van der Waals surface area contributed by atoms with Crippen molar-refractivity contribution in [2.24, 2.45) is 0 Å². The lowest BCUT2D eigenvalue weighted by molar-refractivity contribution is -0.117. The normalized spacial score (nSPS) is 16.3. The highest BCUT2D eigenvalue weighted by atomic mass is 16.5. The van der Waals surface area contributed by atoms with Gasteiger partial charge in [0, 0.05) is 12.5 Å². The van der Waals surface area contributed by atoms with Gasteiger partial charge in [-0.05, 0) is 39.0 Å². The molecule has 0 N–H and O–H groups in total. The van der Waals surface area contributed by atoms with Gasteiger partial charge >= 0.3 is 0 Å². The van der Waals surface area contributed by atoms with E-state index >= 15 is 0 Å². The molecule has 1 aromatic carbocycles. The minimum atomic E-state index is -0.286. The van der Waals surface area contributed by atoms with E-state index in [1.165, 1.54) is 0 Å². The van der Waals surface area contributed by atoms with Crippen LogP contribution in [0.15, 0.2) is 24.3 Å². The van der Waals surface area contributed by atoms with Crippen molar-refractivity contribution >= 4 is 17.7 Å². The molecule has 0 spiro atoms. The Morgan fingerprint density at radius 1 is 1.39 bits per heavy atom. The van der Waals surface area contributed by atoms with E-state index in [2.05, 4.69) is 6.08 Å². The van der Waals surface area contributed by atoms with Gasteiger partial charge in [0.1, 0.15) is 5.75 Å². The van der Waals surface area contributed by atoms with E-state index in [1.54, 1.807) is 6.92 Å². The lowest BCUT2D eigenvalue weighted by Gasteiger charge is -2.39. The molecule has 1 aliphatic rings. The molecule has 0 atom stereocenters. The summed E-state index contributed by atoms with van der Waals surface area (Å²) in [7, 11) is 0. The molecule has 3 heteroatoms. The van der Waals surface area contributed by atoms with Crippen LogP contribution in [0.25, 0.3) is 6.08 Å². The number of carbonyl (C=O) groups excluding carboxylic acids is 1. The van der Waals surface area contributed by atoms with E-state index in [4.69, 9.17) is 4.74 Å². The number of anilines is 1. The molecule has 3 nitrogen and oxygen atoms in total. The minimum Gasteiger partial charge on any atom is -0.494 e. The van der Waals surface area contributed by atoms with Gasteiger partial charge < -0.3 is 9.64 Å². The van der Waals surface area contributed by atoms with E-state index < -0.39 is 0 Å². The third-order valence-electron chi connectivity index (χ3n) is 3.11. The Morgan fingerprint density at radius 2 is 2.11 bits per heavy atom. The zero-order chi connectivity index (χ0) is 13.3. The molecule has 1 aliphatic heterocycles. The van der Waals surface area contributed by atoms with Crippen molar-refractivity contribution in [1.29, 1.82) is 0 Å². The van der Waals surface area contributed by atoms with Crippen molar-refractivity contribution in [3.8, 4) is 5.75 Å². The molecule has 18 heavy (non-hydrogen) atoms. The average molecular weight is 245 g/mol. The molecule has 0 bridgehead atoms. The summed E-state index contributed by atoms with van der Waals surface area (Å²) in [6.07, 6.45) is 4.10. The van der Waals surface area contributed by atoms with Crippen LogP contribution in [-0.2, 0) is 4.79 Å². The van der Waals surface area contributed by atoms with Crippen LogP contribution in [0.3, 0.4) is 0 Å². The van der Waals surface area contributed by atoms with Crippen LogP contribution in [0, 0.1) is 0 Å². The summed E-state index contributed by atoms with van der Waals surface area (Å²) in [6.45, 7) is 8.26. The summed E-state index contributed by atoms with van der Waals surface area (Å²) in [4.78, 5) is 13.7. The van der Waals surface area contributed by atoms with Gasteiger partial charge in [0.15, 0.2) is 0 Å². The Balaban J connectivity index is 2.49. The van der Waals surface area contributed by atoms with Gasteiger partial charge in [-0.2, -0.15) is 0 Å². The number of amides is 1. The van der Waals surface area contributed by atoms with Crippen molar-refractivity contribution < 1.29 is 9.53 Å². The largest absolute Gasteiger partial charge is 0.494 e. The standard InChI is InChI=1S/C15H19NO2/c1-5-18-13-6-7-14-12(10-13)8-9-15(3,4)16(14)11(2)17/h6-10H,5H2,1-4H3. The van der Waals surface area contributed by atoms with Crippen LogP contribution in [0.4, 0.5) is 5.69 Å². The lowest BCUT2D eigenvalue weighted by atomic mass is 9.93. The molecule has 2 rings (SSSR count). The zero-order valence-electron chi connectivity index (χ0n) is 11.4. The Morgan fingerprint density at radius 3 is 2.72 bits per heavy atom. The molecule has 0 fully saturated rings. The predicted octanol–water partition coefficient (Wildman–Crippen LogP) is 3.24. The van der Waals surface area contributed by atoms with E-state index in [9.17, 15) is 4.79 Å². The maximum atomic E-state index is 11.8. The average Bonchev–Trinajstić information content (AvgIpc) is 2.28. The van der Waals surface area contributed by atoms with E-state index in [-0.39, 0.29) is 11.4 Å². The molecule has 1 aromatic rings. The molecule has 0 radical (unpaired) electrons. The molecular formula is C15H19NO2. The first-order chi connectivity index (χ1) is 8.45. The molecule has 1 amide bonds. The third kappa shape index (κ3) is 2.13.